The number of carbonyl (C=O) groups excluding carboxylic acids is 1. The van der Waals surface area contributed by atoms with Crippen molar-refractivity contribution >= 4 is 17.3 Å². The second-order valence-corrected chi connectivity index (χ2v) is 5.67. The Bertz CT molecular complexity index is 838. The van der Waals surface area contributed by atoms with Crippen molar-refractivity contribution in [2.24, 2.45) is 0 Å². The minimum atomic E-state index is -0.446. The minimum Gasteiger partial charge on any atom is -0.312 e. The average molecular weight is 321 g/mol. The molecule has 0 saturated carbocycles. The lowest BCUT2D eigenvalue weighted by atomic mass is 10.1. The summed E-state index contributed by atoms with van der Waals surface area (Å²) in [4.78, 5) is 24.6. The summed E-state index contributed by atoms with van der Waals surface area (Å²) >= 11 is 0. The van der Waals surface area contributed by atoms with E-state index in [1.165, 1.54) is 12.1 Å². The van der Waals surface area contributed by atoms with Crippen LogP contribution in [0.2, 0.25) is 0 Å². The fourth-order valence-electron chi connectivity index (χ4n) is 2.87. The lowest BCUT2D eigenvalue weighted by Crippen LogP contribution is -2.29. The maximum atomic E-state index is 12.5. The van der Waals surface area contributed by atoms with Crippen LogP contribution in [0.4, 0.5) is 11.4 Å². The molecule has 2 aromatic rings. The molecule has 0 atom stereocenters. The van der Waals surface area contributed by atoms with Crippen molar-refractivity contribution in [1.82, 2.24) is 0 Å². The Morgan fingerprint density at radius 2 is 2.00 bits per heavy atom. The van der Waals surface area contributed by atoms with E-state index in [0.717, 1.165) is 17.5 Å². The Hall–Kier alpha value is -3.20. The monoisotopic (exact) mass is 321 g/mol. The van der Waals surface area contributed by atoms with Crippen LogP contribution in [0.1, 0.15) is 23.1 Å². The van der Waals surface area contributed by atoms with Crippen LogP contribution >= 0.6 is 0 Å². The van der Waals surface area contributed by atoms with Crippen LogP contribution in [-0.4, -0.2) is 17.4 Å². The van der Waals surface area contributed by atoms with E-state index in [2.05, 4.69) is 6.07 Å². The standard InChI is InChI=1S/C18H15N3O3/c19-12-14-3-1-13(2-4-14)5-8-18(22)20-10-9-15-6-7-16(21(23)24)11-17(15)20/h1-4,6-7,11H,5,8-10H2. The van der Waals surface area contributed by atoms with Crippen LogP contribution in [0.25, 0.3) is 0 Å². The van der Waals surface area contributed by atoms with Crippen molar-refractivity contribution < 1.29 is 9.72 Å². The molecule has 120 valence electrons. The molecule has 0 unspecified atom stereocenters. The highest BCUT2D eigenvalue weighted by Gasteiger charge is 2.26. The highest BCUT2D eigenvalue weighted by molar-refractivity contribution is 5.96. The van der Waals surface area contributed by atoms with Crippen molar-refractivity contribution in [2.75, 3.05) is 11.4 Å². The number of non-ortho nitro benzene ring substituents is 1. The molecule has 0 saturated heterocycles. The maximum absolute atomic E-state index is 12.5. The van der Waals surface area contributed by atoms with Gasteiger partial charge in [0.25, 0.3) is 5.69 Å². The number of nitro groups is 1. The normalized spacial score (nSPS) is 12.5. The van der Waals surface area contributed by atoms with E-state index >= 15 is 0 Å². The number of nitrogens with zero attached hydrogens (tertiary/aromatic N) is 3. The summed E-state index contributed by atoms with van der Waals surface area (Å²) in [6.45, 7) is 0.558. The van der Waals surface area contributed by atoms with Gasteiger partial charge in [-0.3, -0.25) is 14.9 Å². The van der Waals surface area contributed by atoms with Gasteiger partial charge in [-0.25, -0.2) is 0 Å². The molecule has 0 bridgehead atoms. The Morgan fingerprint density at radius 3 is 2.67 bits per heavy atom. The van der Waals surface area contributed by atoms with Crippen LogP contribution in [0, 0.1) is 21.4 Å². The Kier molecular flexibility index (Phi) is 4.25. The molecule has 6 nitrogen and oxygen atoms in total. The second-order valence-electron chi connectivity index (χ2n) is 5.67. The lowest BCUT2D eigenvalue weighted by molar-refractivity contribution is -0.384. The fourth-order valence-corrected chi connectivity index (χ4v) is 2.87. The predicted molar refractivity (Wildman–Crippen MR) is 88.6 cm³/mol. The van der Waals surface area contributed by atoms with Gasteiger partial charge in [0.15, 0.2) is 0 Å². The first-order valence-electron chi connectivity index (χ1n) is 7.65. The van der Waals surface area contributed by atoms with Crippen LogP contribution in [0.15, 0.2) is 42.5 Å². The average Bonchev–Trinajstić information content (AvgIpc) is 3.03. The van der Waals surface area contributed by atoms with Gasteiger partial charge in [-0.1, -0.05) is 18.2 Å². The second kappa shape index (κ2) is 6.50. The number of anilines is 1. The molecular formula is C18H15N3O3. The molecule has 2 aromatic carbocycles. The maximum Gasteiger partial charge on any atom is 0.271 e. The van der Waals surface area contributed by atoms with Gasteiger partial charge in [-0.05, 0) is 36.1 Å². The summed E-state index contributed by atoms with van der Waals surface area (Å²) in [5.41, 5.74) is 3.19. The number of benzene rings is 2. The van der Waals surface area contributed by atoms with E-state index in [-0.39, 0.29) is 11.6 Å². The van der Waals surface area contributed by atoms with Gasteiger partial charge in [0, 0.05) is 25.1 Å². The third-order valence-electron chi connectivity index (χ3n) is 4.19. The van der Waals surface area contributed by atoms with Crippen molar-refractivity contribution in [1.29, 1.82) is 5.26 Å². The van der Waals surface area contributed by atoms with Crippen LogP contribution < -0.4 is 4.90 Å². The van der Waals surface area contributed by atoms with Crippen LogP contribution in [-0.2, 0) is 17.6 Å². The molecule has 3 rings (SSSR count). The molecule has 0 N–H and O–H groups in total. The zero-order chi connectivity index (χ0) is 17.1. The first-order valence-corrected chi connectivity index (χ1v) is 7.65. The van der Waals surface area contributed by atoms with Gasteiger partial charge < -0.3 is 4.90 Å². The molecule has 0 spiro atoms. The third kappa shape index (κ3) is 3.10. The molecule has 0 fully saturated rings. The molecule has 0 aromatic heterocycles. The summed E-state index contributed by atoms with van der Waals surface area (Å²) in [5.74, 6) is -0.0430. The van der Waals surface area contributed by atoms with E-state index in [9.17, 15) is 14.9 Å². The van der Waals surface area contributed by atoms with Gasteiger partial charge in [0.2, 0.25) is 5.91 Å². The van der Waals surface area contributed by atoms with Crippen LogP contribution in [0.3, 0.4) is 0 Å². The molecule has 24 heavy (non-hydrogen) atoms. The van der Waals surface area contributed by atoms with Crippen LogP contribution in [0.5, 0.6) is 0 Å². The molecular weight excluding hydrogens is 306 g/mol. The first-order chi connectivity index (χ1) is 11.6. The van der Waals surface area contributed by atoms with Gasteiger partial charge in [0.1, 0.15) is 0 Å². The Labute approximate surface area is 139 Å². The number of rotatable bonds is 4. The zero-order valence-corrected chi connectivity index (χ0v) is 12.9. The van der Waals surface area contributed by atoms with Crippen molar-refractivity contribution in [2.45, 2.75) is 19.3 Å². The largest absolute Gasteiger partial charge is 0.312 e. The summed E-state index contributed by atoms with van der Waals surface area (Å²) in [7, 11) is 0. The molecule has 0 radical (unpaired) electrons. The van der Waals surface area contributed by atoms with E-state index < -0.39 is 4.92 Å². The molecule has 1 amide bonds. The van der Waals surface area contributed by atoms with Crippen molar-refractivity contribution in [3.8, 4) is 6.07 Å². The minimum absolute atomic E-state index is 0.000502. The summed E-state index contributed by atoms with van der Waals surface area (Å²) in [6, 6.07) is 13.9. The summed E-state index contributed by atoms with van der Waals surface area (Å²) in [6.07, 6.45) is 1.62. The third-order valence-corrected chi connectivity index (χ3v) is 4.19. The molecule has 1 aliphatic rings. The topological polar surface area (TPSA) is 87.2 Å². The number of aryl methyl sites for hydroxylation is 1. The smallest absolute Gasteiger partial charge is 0.271 e. The predicted octanol–water partition coefficient (Wildman–Crippen LogP) is 2.99. The number of nitriles is 1. The molecule has 6 heteroatoms. The van der Waals surface area contributed by atoms with Gasteiger partial charge >= 0.3 is 0 Å². The van der Waals surface area contributed by atoms with Crippen molar-refractivity contribution in [3.63, 3.8) is 0 Å². The van der Waals surface area contributed by atoms with Gasteiger partial charge in [-0.15, -0.1) is 0 Å². The van der Waals surface area contributed by atoms with Gasteiger partial charge in [-0.2, -0.15) is 5.26 Å². The SMILES string of the molecule is N#Cc1ccc(CCC(=O)N2CCc3ccc([N+](=O)[O-])cc32)cc1. The van der Waals surface area contributed by atoms with Crippen molar-refractivity contribution in [3.05, 3.63) is 69.3 Å². The van der Waals surface area contributed by atoms with E-state index in [1.54, 1.807) is 23.1 Å². The number of nitro benzene ring substituents is 1. The number of amides is 1. The lowest BCUT2D eigenvalue weighted by Gasteiger charge is -2.17. The highest BCUT2D eigenvalue weighted by atomic mass is 16.6. The summed E-state index contributed by atoms with van der Waals surface area (Å²) in [5, 5.41) is 19.7. The number of fused-ring (bicyclic) bond motifs is 1. The van der Waals surface area contributed by atoms with E-state index in [1.807, 2.05) is 12.1 Å². The number of hydrogen-bond acceptors (Lipinski definition) is 4. The van der Waals surface area contributed by atoms with Gasteiger partial charge in [0.05, 0.1) is 22.2 Å². The molecule has 0 aliphatic carbocycles. The quantitative estimate of drug-likeness (QED) is 0.640. The summed E-state index contributed by atoms with van der Waals surface area (Å²) < 4.78 is 0. The van der Waals surface area contributed by atoms with E-state index in [0.29, 0.717) is 30.6 Å². The molecule has 1 heterocycles. The highest BCUT2D eigenvalue weighted by Crippen LogP contribution is 2.32. The first kappa shape index (κ1) is 15.7. The fraction of sp³-hybridized carbons (Fsp3) is 0.222. The number of carbonyl (C=O) groups is 1. The Balaban J connectivity index is 1.70. The number of hydrogen-bond donors (Lipinski definition) is 0. The molecule has 1 aliphatic heterocycles. The van der Waals surface area contributed by atoms with E-state index in [4.69, 9.17) is 5.26 Å². The zero-order valence-electron chi connectivity index (χ0n) is 12.9. The Morgan fingerprint density at radius 1 is 1.25 bits per heavy atom.